The SMILES string of the molecule is O=S1(=O)CCC(Cc2ccccc2)N1. The van der Waals surface area contributed by atoms with Gasteiger partial charge in [0.05, 0.1) is 5.75 Å². The van der Waals surface area contributed by atoms with Gasteiger partial charge < -0.3 is 0 Å². The van der Waals surface area contributed by atoms with Crippen molar-refractivity contribution in [2.24, 2.45) is 0 Å². The van der Waals surface area contributed by atoms with E-state index in [1.165, 1.54) is 5.56 Å². The molecule has 0 amide bonds. The molecular formula is C10H13NO2S. The normalized spacial score (nSPS) is 25.0. The maximum Gasteiger partial charge on any atom is 0.211 e. The topological polar surface area (TPSA) is 46.2 Å². The fourth-order valence-corrected chi connectivity index (χ4v) is 3.13. The average molecular weight is 211 g/mol. The van der Waals surface area contributed by atoms with Crippen LogP contribution in [-0.2, 0) is 16.4 Å². The molecule has 1 aliphatic heterocycles. The van der Waals surface area contributed by atoms with Gasteiger partial charge in [-0.25, -0.2) is 13.1 Å². The fourth-order valence-electron chi connectivity index (χ4n) is 1.71. The first-order valence-corrected chi connectivity index (χ1v) is 6.35. The Morgan fingerprint density at radius 2 is 2.00 bits per heavy atom. The summed E-state index contributed by atoms with van der Waals surface area (Å²) in [6, 6.07) is 10.0. The lowest BCUT2D eigenvalue weighted by atomic mass is 10.1. The zero-order valence-electron chi connectivity index (χ0n) is 7.81. The molecular weight excluding hydrogens is 198 g/mol. The van der Waals surface area contributed by atoms with Gasteiger partial charge in [0.25, 0.3) is 0 Å². The van der Waals surface area contributed by atoms with Crippen molar-refractivity contribution in [2.75, 3.05) is 5.75 Å². The summed E-state index contributed by atoms with van der Waals surface area (Å²) >= 11 is 0. The molecule has 1 N–H and O–H groups in total. The first-order chi connectivity index (χ1) is 6.66. The van der Waals surface area contributed by atoms with Crippen molar-refractivity contribution in [3.8, 4) is 0 Å². The van der Waals surface area contributed by atoms with E-state index in [9.17, 15) is 8.42 Å². The van der Waals surface area contributed by atoms with Gasteiger partial charge in [-0.05, 0) is 18.4 Å². The van der Waals surface area contributed by atoms with Crippen molar-refractivity contribution in [3.63, 3.8) is 0 Å². The summed E-state index contributed by atoms with van der Waals surface area (Å²) in [7, 11) is -2.97. The van der Waals surface area contributed by atoms with E-state index in [0.29, 0.717) is 0 Å². The van der Waals surface area contributed by atoms with Crippen LogP contribution in [0.5, 0.6) is 0 Å². The third-order valence-electron chi connectivity index (χ3n) is 2.41. The summed E-state index contributed by atoms with van der Waals surface area (Å²) in [5.74, 6) is 0.268. The van der Waals surface area contributed by atoms with Crippen LogP contribution in [0.2, 0.25) is 0 Å². The maximum atomic E-state index is 11.1. The highest BCUT2D eigenvalue weighted by atomic mass is 32.2. The molecule has 0 radical (unpaired) electrons. The third-order valence-corrected chi connectivity index (χ3v) is 3.87. The molecule has 1 aliphatic rings. The molecule has 0 spiro atoms. The van der Waals surface area contributed by atoms with Crippen molar-refractivity contribution in [1.29, 1.82) is 0 Å². The minimum absolute atomic E-state index is 0.0856. The van der Waals surface area contributed by atoms with Crippen molar-refractivity contribution >= 4 is 10.0 Å². The minimum atomic E-state index is -2.97. The van der Waals surface area contributed by atoms with Crippen LogP contribution < -0.4 is 4.72 Å². The summed E-state index contributed by atoms with van der Waals surface area (Å²) in [5.41, 5.74) is 1.18. The Kier molecular flexibility index (Phi) is 2.56. The molecule has 1 aromatic carbocycles. The number of hydrogen-bond donors (Lipinski definition) is 1. The molecule has 1 unspecified atom stereocenters. The highest BCUT2D eigenvalue weighted by Gasteiger charge is 2.26. The molecule has 0 bridgehead atoms. The molecule has 1 atom stereocenters. The molecule has 3 nitrogen and oxygen atoms in total. The summed E-state index contributed by atoms with van der Waals surface area (Å²) in [6.07, 6.45) is 1.51. The first-order valence-electron chi connectivity index (χ1n) is 4.70. The summed E-state index contributed by atoms with van der Waals surface area (Å²) in [5, 5.41) is 0. The lowest BCUT2D eigenvalue weighted by Crippen LogP contribution is -2.27. The van der Waals surface area contributed by atoms with E-state index in [-0.39, 0.29) is 11.8 Å². The van der Waals surface area contributed by atoms with Gasteiger partial charge in [0.15, 0.2) is 0 Å². The number of benzene rings is 1. The molecule has 0 saturated carbocycles. The minimum Gasteiger partial charge on any atom is -0.212 e. The summed E-state index contributed by atoms with van der Waals surface area (Å²) in [6.45, 7) is 0. The van der Waals surface area contributed by atoms with E-state index in [2.05, 4.69) is 4.72 Å². The largest absolute Gasteiger partial charge is 0.212 e. The van der Waals surface area contributed by atoms with E-state index in [4.69, 9.17) is 0 Å². The van der Waals surface area contributed by atoms with Gasteiger partial charge in [-0.2, -0.15) is 0 Å². The Hall–Kier alpha value is -0.870. The van der Waals surface area contributed by atoms with Crippen molar-refractivity contribution in [1.82, 2.24) is 4.72 Å². The van der Waals surface area contributed by atoms with Crippen LogP contribution in [-0.4, -0.2) is 20.2 Å². The van der Waals surface area contributed by atoms with Crippen LogP contribution in [0.1, 0.15) is 12.0 Å². The predicted molar refractivity (Wildman–Crippen MR) is 55.5 cm³/mol. The van der Waals surface area contributed by atoms with E-state index in [1.54, 1.807) is 0 Å². The molecule has 1 heterocycles. The quantitative estimate of drug-likeness (QED) is 0.790. The van der Waals surface area contributed by atoms with Gasteiger partial charge in [0, 0.05) is 6.04 Å². The molecule has 1 fully saturated rings. The molecule has 14 heavy (non-hydrogen) atoms. The van der Waals surface area contributed by atoms with Crippen LogP contribution >= 0.6 is 0 Å². The molecule has 0 aliphatic carbocycles. The molecule has 1 saturated heterocycles. The standard InChI is InChI=1S/C10H13NO2S/c12-14(13)7-6-10(11-14)8-9-4-2-1-3-5-9/h1-5,10-11H,6-8H2. The van der Waals surface area contributed by atoms with Crippen molar-refractivity contribution in [2.45, 2.75) is 18.9 Å². The zero-order chi connectivity index (χ0) is 10.0. The highest BCUT2D eigenvalue weighted by molar-refractivity contribution is 7.89. The second-order valence-electron chi connectivity index (χ2n) is 3.61. The zero-order valence-corrected chi connectivity index (χ0v) is 8.63. The Morgan fingerprint density at radius 1 is 1.29 bits per heavy atom. The third kappa shape index (κ3) is 2.33. The maximum absolute atomic E-state index is 11.1. The van der Waals surface area contributed by atoms with E-state index < -0.39 is 10.0 Å². The van der Waals surface area contributed by atoms with Crippen LogP contribution in [0.4, 0.5) is 0 Å². The summed E-state index contributed by atoms with van der Waals surface area (Å²) < 4.78 is 24.9. The second kappa shape index (κ2) is 3.71. The van der Waals surface area contributed by atoms with Crippen LogP contribution in [0.25, 0.3) is 0 Å². The molecule has 2 rings (SSSR count). The summed E-state index contributed by atoms with van der Waals surface area (Å²) in [4.78, 5) is 0. The van der Waals surface area contributed by atoms with Gasteiger partial charge in [-0.15, -0.1) is 0 Å². The fraction of sp³-hybridized carbons (Fsp3) is 0.400. The molecule has 76 valence electrons. The first kappa shape index (κ1) is 9.68. The lowest BCUT2D eigenvalue weighted by Gasteiger charge is -2.07. The number of nitrogens with one attached hydrogen (secondary N) is 1. The van der Waals surface area contributed by atoms with Crippen molar-refractivity contribution in [3.05, 3.63) is 35.9 Å². The lowest BCUT2D eigenvalue weighted by molar-refractivity contribution is 0.579. The molecule has 0 aromatic heterocycles. The van der Waals surface area contributed by atoms with Crippen LogP contribution in [0, 0.1) is 0 Å². The van der Waals surface area contributed by atoms with Crippen molar-refractivity contribution < 1.29 is 8.42 Å². The van der Waals surface area contributed by atoms with Crippen LogP contribution in [0.15, 0.2) is 30.3 Å². The number of hydrogen-bond acceptors (Lipinski definition) is 2. The number of sulfonamides is 1. The van der Waals surface area contributed by atoms with Gasteiger partial charge in [0.2, 0.25) is 10.0 Å². The Morgan fingerprint density at radius 3 is 2.57 bits per heavy atom. The van der Waals surface area contributed by atoms with E-state index in [1.807, 2.05) is 30.3 Å². The second-order valence-corrected chi connectivity index (χ2v) is 5.49. The Labute approximate surface area is 84.2 Å². The monoisotopic (exact) mass is 211 g/mol. The van der Waals surface area contributed by atoms with E-state index in [0.717, 1.165) is 12.8 Å². The van der Waals surface area contributed by atoms with Crippen LogP contribution in [0.3, 0.4) is 0 Å². The predicted octanol–water partition coefficient (Wildman–Crippen LogP) is 0.921. The highest BCUT2D eigenvalue weighted by Crippen LogP contribution is 2.12. The average Bonchev–Trinajstić information content (AvgIpc) is 2.47. The molecule has 1 aromatic rings. The molecule has 4 heteroatoms. The Balaban J connectivity index is 2.01. The van der Waals surface area contributed by atoms with Gasteiger partial charge in [0.1, 0.15) is 0 Å². The smallest absolute Gasteiger partial charge is 0.211 e. The van der Waals surface area contributed by atoms with Gasteiger partial charge in [-0.3, -0.25) is 0 Å². The van der Waals surface area contributed by atoms with Gasteiger partial charge >= 0.3 is 0 Å². The number of rotatable bonds is 2. The Bertz CT molecular complexity index is 399. The van der Waals surface area contributed by atoms with E-state index >= 15 is 0 Å². The van der Waals surface area contributed by atoms with Gasteiger partial charge in [-0.1, -0.05) is 30.3 Å².